The molecule has 3 aromatic rings. The summed E-state index contributed by atoms with van der Waals surface area (Å²) in [6.07, 6.45) is 4.03. The first-order valence-corrected chi connectivity index (χ1v) is 10.8. The van der Waals surface area contributed by atoms with Gasteiger partial charge in [0.2, 0.25) is 0 Å². The Labute approximate surface area is 169 Å². The summed E-state index contributed by atoms with van der Waals surface area (Å²) in [5, 5.41) is 11.1. The van der Waals surface area contributed by atoms with Gasteiger partial charge >= 0.3 is 0 Å². The topological polar surface area (TPSA) is 85.8 Å². The normalized spacial score (nSPS) is 18.8. The van der Waals surface area contributed by atoms with Gasteiger partial charge in [-0.3, -0.25) is 5.32 Å². The van der Waals surface area contributed by atoms with Gasteiger partial charge in [0.15, 0.2) is 9.84 Å². The third-order valence-corrected chi connectivity index (χ3v) is 7.52. The fraction of sp³-hybridized carbons (Fsp3) is 0.227. The van der Waals surface area contributed by atoms with Gasteiger partial charge in [-0.1, -0.05) is 30.3 Å². The molecule has 0 spiro atoms. The van der Waals surface area contributed by atoms with E-state index in [1.807, 2.05) is 37.3 Å². The van der Waals surface area contributed by atoms with Crippen molar-refractivity contribution in [1.82, 2.24) is 10.3 Å². The molecule has 0 amide bonds. The lowest BCUT2D eigenvalue weighted by Crippen LogP contribution is -2.51. The fourth-order valence-corrected chi connectivity index (χ4v) is 5.50. The van der Waals surface area contributed by atoms with E-state index in [2.05, 4.69) is 10.3 Å². The summed E-state index contributed by atoms with van der Waals surface area (Å²) in [6, 6.07) is 13.6. The number of halogens is 1. The van der Waals surface area contributed by atoms with Crippen molar-refractivity contribution in [2.24, 2.45) is 0 Å². The zero-order valence-electron chi connectivity index (χ0n) is 15.8. The SMILES string of the molecule is Cc1ccccc1Cc1c[nH]cc1S(=O)(=O)C1CC(c2ccc(C#N)cc2F)N1. The number of aryl methyl sites for hydroxylation is 1. The van der Waals surface area contributed by atoms with E-state index in [9.17, 15) is 12.8 Å². The lowest BCUT2D eigenvalue weighted by atomic mass is 9.96. The van der Waals surface area contributed by atoms with Crippen LogP contribution in [0.5, 0.6) is 0 Å². The first-order valence-electron chi connectivity index (χ1n) is 9.30. The van der Waals surface area contributed by atoms with E-state index in [4.69, 9.17) is 5.26 Å². The molecule has 1 aliphatic heterocycles. The summed E-state index contributed by atoms with van der Waals surface area (Å²) in [5.41, 5.74) is 3.51. The second-order valence-electron chi connectivity index (χ2n) is 7.28. The average Bonchev–Trinajstić information content (AvgIpc) is 3.12. The molecule has 0 saturated carbocycles. The molecule has 4 rings (SSSR count). The van der Waals surface area contributed by atoms with Crippen molar-refractivity contribution in [3.05, 3.63) is 88.5 Å². The Bertz CT molecular complexity index is 1200. The zero-order chi connectivity index (χ0) is 20.6. The summed E-state index contributed by atoms with van der Waals surface area (Å²) in [6.45, 7) is 2.00. The Balaban J connectivity index is 1.52. The lowest BCUT2D eigenvalue weighted by Gasteiger charge is -2.37. The molecule has 29 heavy (non-hydrogen) atoms. The zero-order valence-corrected chi connectivity index (χ0v) is 16.6. The highest BCUT2D eigenvalue weighted by atomic mass is 32.2. The second kappa shape index (κ2) is 7.47. The molecule has 2 aromatic carbocycles. The number of hydrogen-bond acceptors (Lipinski definition) is 4. The molecule has 1 aromatic heterocycles. The number of sulfone groups is 1. The standard InChI is InChI=1S/C22H20FN3O2S/c1-14-4-2-3-5-16(14)9-17-12-25-13-21(17)29(27,28)22-10-20(26-22)18-7-6-15(11-24)8-19(18)23/h2-8,12-13,20,22,25-26H,9-10H2,1H3. The predicted molar refractivity (Wildman–Crippen MR) is 107 cm³/mol. The van der Waals surface area contributed by atoms with Crippen molar-refractivity contribution in [2.45, 2.75) is 36.1 Å². The fourth-order valence-electron chi connectivity index (χ4n) is 3.68. The third kappa shape index (κ3) is 3.57. The number of rotatable bonds is 5. The van der Waals surface area contributed by atoms with E-state index in [1.54, 1.807) is 6.20 Å². The molecule has 1 saturated heterocycles. The molecule has 2 heterocycles. The number of nitrogens with zero attached hydrogens (tertiary/aromatic N) is 1. The van der Waals surface area contributed by atoms with Crippen molar-refractivity contribution in [2.75, 3.05) is 0 Å². The molecule has 0 bridgehead atoms. The van der Waals surface area contributed by atoms with E-state index < -0.39 is 21.0 Å². The van der Waals surface area contributed by atoms with Gasteiger partial charge in [0, 0.05) is 30.4 Å². The molecule has 1 fully saturated rings. The van der Waals surface area contributed by atoms with Crippen molar-refractivity contribution in [1.29, 1.82) is 5.26 Å². The van der Waals surface area contributed by atoms with Crippen molar-refractivity contribution >= 4 is 9.84 Å². The minimum absolute atomic E-state index is 0.239. The molecule has 2 atom stereocenters. The Morgan fingerprint density at radius 1 is 1.17 bits per heavy atom. The summed E-state index contributed by atoms with van der Waals surface area (Å²) in [5.74, 6) is -0.501. The second-order valence-corrected chi connectivity index (χ2v) is 9.38. The Morgan fingerprint density at radius 3 is 2.62 bits per heavy atom. The number of nitriles is 1. The molecular formula is C22H20FN3O2S. The molecule has 7 heteroatoms. The van der Waals surface area contributed by atoms with E-state index in [1.165, 1.54) is 24.4 Å². The smallest absolute Gasteiger partial charge is 0.196 e. The van der Waals surface area contributed by atoms with Crippen LogP contribution in [0.2, 0.25) is 0 Å². The van der Waals surface area contributed by atoms with Gasteiger partial charge in [-0.05, 0) is 42.2 Å². The lowest BCUT2D eigenvalue weighted by molar-refractivity contribution is 0.326. The van der Waals surface area contributed by atoms with Crippen LogP contribution in [0.15, 0.2) is 59.8 Å². The van der Waals surface area contributed by atoms with E-state index in [0.29, 0.717) is 17.5 Å². The Kier molecular flexibility index (Phi) is 4.99. The maximum atomic E-state index is 14.2. The number of nitrogens with one attached hydrogen (secondary N) is 2. The van der Waals surface area contributed by atoms with Crippen LogP contribution in [0.3, 0.4) is 0 Å². The maximum Gasteiger partial charge on any atom is 0.196 e. The molecule has 5 nitrogen and oxygen atoms in total. The van der Waals surface area contributed by atoms with Crippen LogP contribution in [0.25, 0.3) is 0 Å². The molecule has 2 N–H and O–H groups in total. The first-order chi connectivity index (χ1) is 13.9. The van der Waals surface area contributed by atoms with Crippen LogP contribution in [-0.2, 0) is 16.3 Å². The Morgan fingerprint density at radius 2 is 1.93 bits per heavy atom. The van der Waals surface area contributed by atoms with Crippen LogP contribution < -0.4 is 5.32 Å². The number of H-pyrrole nitrogens is 1. The molecule has 1 aliphatic rings. The molecule has 148 valence electrons. The van der Waals surface area contributed by atoms with Crippen LogP contribution in [-0.4, -0.2) is 18.8 Å². The summed E-state index contributed by atoms with van der Waals surface area (Å²) in [4.78, 5) is 3.19. The van der Waals surface area contributed by atoms with Gasteiger partial charge in [0.05, 0.1) is 16.5 Å². The van der Waals surface area contributed by atoms with Crippen molar-refractivity contribution in [3.8, 4) is 6.07 Å². The number of aromatic nitrogens is 1. The van der Waals surface area contributed by atoms with Gasteiger partial charge in [-0.15, -0.1) is 0 Å². The highest BCUT2D eigenvalue weighted by Crippen LogP contribution is 2.36. The van der Waals surface area contributed by atoms with Crippen molar-refractivity contribution in [3.63, 3.8) is 0 Å². The van der Waals surface area contributed by atoms with Crippen LogP contribution in [0, 0.1) is 24.1 Å². The maximum absolute atomic E-state index is 14.2. The molecule has 0 aliphatic carbocycles. The van der Waals surface area contributed by atoms with Gasteiger partial charge in [0.1, 0.15) is 11.2 Å². The first kappa shape index (κ1) is 19.4. The Hall–Kier alpha value is -2.95. The minimum Gasteiger partial charge on any atom is -0.366 e. The van der Waals surface area contributed by atoms with Crippen molar-refractivity contribution < 1.29 is 12.8 Å². The third-order valence-electron chi connectivity index (χ3n) is 5.45. The van der Waals surface area contributed by atoms with E-state index >= 15 is 0 Å². The molecule has 2 unspecified atom stereocenters. The molecule has 0 radical (unpaired) electrons. The van der Waals surface area contributed by atoms with Gasteiger partial charge in [-0.2, -0.15) is 5.26 Å². The number of benzene rings is 2. The summed E-state index contributed by atoms with van der Waals surface area (Å²) >= 11 is 0. The number of hydrogen-bond donors (Lipinski definition) is 2. The van der Waals surface area contributed by atoms with Crippen LogP contribution >= 0.6 is 0 Å². The minimum atomic E-state index is -3.61. The van der Waals surface area contributed by atoms with Crippen LogP contribution in [0.4, 0.5) is 4.39 Å². The molecular weight excluding hydrogens is 389 g/mol. The monoisotopic (exact) mass is 409 g/mol. The van der Waals surface area contributed by atoms with E-state index in [0.717, 1.165) is 11.1 Å². The van der Waals surface area contributed by atoms with Gasteiger partial charge in [-0.25, -0.2) is 12.8 Å². The number of aromatic amines is 1. The van der Waals surface area contributed by atoms with E-state index in [-0.39, 0.29) is 22.9 Å². The van der Waals surface area contributed by atoms with Gasteiger partial charge < -0.3 is 4.98 Å². The predicted octanol–water partition coefficient (Wildman–Crippen LogP) is 3.76. The summed E-state index contributed by atoms with van der Waals surface area (Å²) in [7, 11) is -3.61. The average molecular weight is 409 g/mol. The summed E-state index contributed by atoms with van der Waals surface area (Å²) < 4.78 is 40.4. The van der Waals surface area contributed by atoms with Gasteiger partial charge in [0.25, 0.3) is 0 Å². The van der Waals surface area contributed by atoms with Crippen LogP contribution in [0.1, 0.15) is 40.3 Å². The largest absolute Gasteiger partial charge is 0.366 e. The highest BCUT2D eigenvalue weighted by Gasteiger charge is 2.41. The quantitative estimate of drug-likeness (QED) is 0.672. The highest BCUT2D eigenvalue weighted by molar-refractivity contribution is 7.92.